The lowest BCUT2D eigenvalue weighted by molar-refractivity contribution is 1.22. The lowest BCUT2D eigenvalue weighted by atomic mass is 10.1. The molecule has 0 aliphatic rings. The third kappa shape index (κ3) is 5.50. The van der Waals surface area contributed by atoms with Gasteiger partial charge in [-0.2, -0.15) is 0 Å². The zero-order valence-electron chi connectivity index (χ0n) is 13.6. The van der Waals surface area contributed by atoms with Crippen LogP contribution in [0, 0.1) is 0 Å². The summed E-state index contributed by atoms with van der Waals surface area (Å²) in [5, 5.41) is 6.30. The van der Waals surface area contributed by atoms with Gasteiger partial charge in [-0.3, -0.25) is 0 Å². The van der Waals surface area contributed by atoms with Gasteiger partial charge in [-0.1, -0.05) is 66.3 Å². The molecule has 0 radical (unpaired) electrons. The second kappa shape index (κ2) is 9.65. The first-order chi connectivity index (χ1) is 12.0. The van der Waals surface area contributed by atoms with Crippen LogP contribution in [0.2, 0.25) is 20.1 Å². The fraction of sp³-hybridized carbons (Fsp3) is 0.167. The van der Waals surface area contributed by atoms with Gasteiger partial charge in [-0.05, 0) is 35.9 Å². The van der Waals surface area contributed by atoms with Gasteiger partial charge in [0.1, 0.15) is 0 Å². The number of nitrogens with zero attached hydrogens (tertiary/aromatic N) is 1. The van der Waals surface area contributed by atoms with Gasteiger partial charge >= 0.3 is 0 Å². The van der Waals surface area contributed by atoms with Crippen molar-refractivity contribution in [3.05, 3.63) is 73.1 Å². The second-order valence-corrected chi connectivity index (χ2v) is 7.51. The molecule has 0 amide bonds. The molecule has 2 aromatic carbocycles. The monoisotopic (exact) mass is 432 g/mol. The van der Waals surface area contributed by atoms with Crippen LogP contribution >= 0.6 is 57.7 Å². The maximum absolute atomic E-state index is 6.21. The number of rotatable bonds is 4. The number of benzene rings is 2. The zero-order chi connectivity index (χ0) is 18.4. The number of halogens is 4. The van der Waals surface area contributed by atoms with Crippen LogP contribution in [0.1, 0.15) is 24.3 Å². The molecule has 0 spiro atoms. The van der Waals surface area contributed by atoms with Gasteiger partial charge in [-0.25, -0.2) is 4.98 Å². The molecular formula is C18H16Cl4N2S. The summed E-state index contributed by atoms with van der Waals surface area (Å²) < 4.78 is 0. The average molecular weight is 434 g/mol. The van der Waals surface area contributed by atoms with E-state index in [0.29, 0.717) is 26.5 Å². The zero-order valence-corrected chi connectivity index (χ0v) is 17.5. The first kappa shape index (κ1) is 20.3. The second-order valence-electron chi connectivity index (χ2n) is 4.76. The molecule has 0 atom stereocenters. The molecule has 0 bridgehead atoms. The summed E-state index contributed by atoms with van der Waals surface area (Å²) in [6.07, 6.45) is 2.45. The van der Waals surface area contributed by atoms with E-state index in [1.807, 2.05) is 44.3 Å². The molecule has 1 N–H and O–H groups in total. The van der Waals surface area contributed by atoms with Gasteiger partial charge in [0.15, 0.2) is 5.13 Å². The number of hydrogen-bond donors (Lipinski definition) is 1. The quantitative estimate of drug-likeness (QED) is 0.449. The fourth-order valence-corrected chi connectivity index (χ4v) is 3.69. The predicted octanol–water partition coefficient (Wildman–Crippen LogP) is 8.12. The van der Waals surface area contributed by atoms with E-state index in [2.05, 4.69) is 10.3 Å². The molecule has 0 aliphatic heterocycles. The van der Waals surface area contributed by atoms with Crippen molar-refractivity contribution < 1.29 is 0 Å². The molecule has 0 aliphatic carbocycles. The van der Waals surface area contributed by atoms with E-state index in [1.54, 1.807) is 12.1 Å². The standard InChI is InChI=1S/C16H10Cl4N2S.C2H6/c17-12-2-1-3-13(18)11(12)7-10-8-21-16(23-10)22-9-4-5-14(19)15(20)6-9;1-2/h1-6,8H,7H2,(H,21,22);1-2H3. The van der Waals surface area contributed by atoms with E-state index < -0.39 is 0 Å². The molecular weight excluding hydrogens is 418 g/mol. The third-order valence-electron chi connectivity index (χ3n) is 3.14. The minimum absolute atomic E-state index is 0.497. The fourth-order valence-electron chi connectivity index (χ4n) is 2.02. The summed E-state index contributed by atoms with van der Waals surface area (Å²) in [6, 6.07) is 10.8. The van der Waals surface area contributed by atoms with E-state index >= 15 is 0 Å². The minimum atomic E-state index is 0.497. The molecule has 0 saturated carbocycles. The third-order valence-corrected chi connectivity index (χ3v) is 5.50. The Hall–Kier alpha value is -0.970. The molecule has 1 aromatic heterocycles. The maximum Gasteiger partial charge on any atom is 0.187 e. The summed E-state index contributed by atoms with van der Waals surface area (Å²) in [4.78, 5) is 5.42. The lowest BCUT2D eigenvalue weighted by Gasteiger charge is -2.05. The number of nitrogens with one attached hydrogen (secondary N) is 1. The van der Waals surface area contributed by atoms with Crippen LogP contribution in [-0.2, 0) is 6.42 Å². The summed E-state index contributed by atoms with van der Waals surface area (Å²) in [5.74, 6) is 0. The minimum Gasteiger partial charge on any atom is -0.331 e. The smallest absolute Gasteiger partial charge is 0.187 e. The SMILES string of the molecule is CC.Clc1ccc(Nc2ncc(Cc3c(Cl)cccc3Cl)s2)cc1Cl. The van der Waals surface area contributed by atoms with Gasteiger partial charge in [-0.15, -0.1) is 11.3 Å². The van der Waals surface area contributed by atoms with Crippen LogP contribution < -0.4 is 5.32 Å². The molecule has 0 saturated heterocycles. The highest BCUT2D eigenvalue weighted by Crippen LogP contribution is 2.31. The Kier molecular flexibility index (Phi) is 7.85. The van der Waals surface area contributed by atoms with Crippen LogP contribution in [0.4, 0.5) is 10.8 Å². The molecule has 1 heterocycles. The van der Waals surface area contributed by atoms with Crippen LogP contribution in [0.5, 0.6) is 0 Å². The Labute approximate surface area is 171 Å². The number of hydrogen-bond acceptors (Lipinski definition) is 3. The average Bonchev–Trinajstić information content (AvgIpc) is 3.04. The van der Waals surface area contributed by atoms with E-state index in [4.69, 9.17) is 46.4 Å². The number of thiazole rings is 1. The molecule has 3 rings (SSSR count). The highest BCUT2D eigenvalue weighted by molar-refractivity contribution is 7.15. The molecule has 0 unspecified atom stereocenters. The Morgan fingerprint density at radius 2 is 1.60 bits per heavy atom. The van der Waals surface area contributed by atoms with Crippen LogP contribution in [-0.4, -0.2) is 4.98 Å². The molecule has 25 heavy (non-hydrogen) atoms. The van der Waals surface area contributed by atoms with Crippen molar-refractivity contribution in [2.75, 3.05) is 5.32 Å². The Balaban J connectivity index is 0.00000109. The van der Waals surface area contributed by atoms with E-state index in [0.717, 1.165) is 21.3 Å². The summed E-state index contributed by atoms with van der Waals surface area (Å²) >= 11 is 25.9. The highest BCUT2D eigenvalue weighted by Gasteiger charge is 2.10. The van der Waals surface area contributed by atoms with E-state index in [-0.39, 0.29) is 0 Å². The summed E-state index contributed by atoms with van der Waals surface area (Å²) in [5.41, 5.74) is 1.73. The van der Waals surface area contributed by atoms with Crippen molar-refractivity contribution in [1.29, 1.82) is 0 Å². The largest absolute Gasteiger partial charge is 0.331 e. The predicted molar refractivity (Wildman–Crippen MR) is 112 cm³/mol. The first-order valence-electron chi connectivity index (χ1n) is 7.62. The normalized spacial score (nSPS) is 10.2. The molecule has 132 valence electrons. The van der Waals surface area contributed by atoms with E-state index in [9.17, 15) is 0 Å². The van der Waals surface area contributed by atoms with Crippen LogP contribution in [0.25, 0.3) is 0 Å². The Morgan fingerprint density at radius 3 is 2.24 bits per heavy atom. The van der Waals surface area contributed by atoms with Crippen molar-refractivity contribution >= 4 is 68.6 Å². The highest BCUT2D eigenvalue weighted by atomic mass is 35.5. The summed E-state index contributed by atoms with van der Waals surface area (Å²) in [6.45, 7) is 4.00. The first-order valence-corrected chi connectivity index (χ1v) is 9.95. The van der Waals surface area contributed by atoms with Gasteiger partial charge in [0.2, 0.25) is 0 Å². The summed E-state index contributed by atoms with van der Waals surface area (Å²) in [7, 11) is 0. The topological polar surface area (TPSA) is 24.9 Å². The van der Waals surface area contributed by atoms with Gasteiger partial charge in [0.25, 0.3) is 0 Å². The van der Waals surface area contributed by atoms with Crippen LogP contribution in [0.3, 0.4) is 0 Å². The van der Waals surface area contributed by atoms with Crippen molar-refractivity contribution in [1.82, 2.24) is 4.98 Å². The molecule has 3 aromatic rings. The lowest BCUT2D eigenvalue weighted by Crippen LogP contribution is -1.88. The molecule has 0 fully saturated rings. The van der Waals surface area contributed by atoms with E-state index in [1.165, 1.54) is 11.3 Å². The van der Waals surface area contributed by atoms with Crippen molar-refractivity contribution in [3.8, 4) is 0 Å². The molecule has 2 nitrogen and oxygen atoms in total. The van der Waals surface area contributed by atoms with Gasteiger partial charge in [0, 0.05) is 33.2 Å². The number of anilines is 2. The number of aromatic nitrogens is 1. The Bertz CT molecular complexity index is 829. The van der Waals surface area contributed by atoms with Crippen molar-refractivity contribution in [2.24, 2.45) is 0 Å². The van der Waals surface area contributed by atoms with Crippen LogP contribution in [0.15, 0.2) is 42.6 Å². The molecule has 7 heteroatoms. The maximum atomic E-state index is 6.21. The van der Waals surface area contributed by atoms with Gasteiger partial charge in [0.05, 0.1) is 10.0 Å². The van der Waals surface area contributed by atoms with Gasteiger partial charge < -0.3 is 5.32 Å². The van der Waals surface area contributed by atoms with Crippen molar-refractivity contribution in [2.45, 2.75) is 20.3 Å². The Morgan fingerprint density at radius 1 is 0.920 bits per heavy atom. The van der Waals surface area contributed by atoms with Crippen molar-refractivity contribution in [3.63, 3.8) is 0 Å².